The second-order valence-corrected chi connectivity index (χ2v) is 4.24. The fourth-order valence-electron chi connectivity index (χ4n) is 1.71. The molecule has 0 unspecified atom stereocenters. The summed E-state index contributed by atoms with van der Waals surface area (Å²) in [4.78, 5) is 0. The summed E-state index contributed by atoms with van der Waals surface area (Å²) in [6.45, 7) is 7.92. The van der Waals surface area contributed by atoms with Crippen LogP contribution in [-0.4, -0.2) is 5.11 Å². The van der Waals surface area contributed by atoms with Crippen LogP contribution in [0.15, 0.2) is 12.1 Å². The summed E-state index contributed by atoms with van der Waals surface area (Å²) >= 11 is 0. The van der Waals surface area contributed by atoms with Crippen molar-refractivity contribution in [3.63, 3.8) is 0 Å². The third kappa shape index (κ3) is 2.06. The Bertz CT molecular complexity index is 329. The number of phenols is 1. The number of rotatable bonds is 2. The Kier molecular flexibility index (Phi) is 3.14. The van der Waals surface area contributed by atoms with Crippen LogP contribution in [0.2, 0.25) is 0 Å². The zero-order chi connectivity index (χ0) is 10.9. The van der Waals surface area contributed by atoms with Gasteiger partial charge in [-0.25, -0.2) is 4.39 Å². The summed E-state index contributed by atoms with van der Waals surface area (Å²) in [5.41, 5.74) is 1.62. The number of halogens is 1. The first-order chi connectivity index (χ1) is 6.43. The van der Waals surface area contributed by atoms with Gasteiger partial charge in [-0.15, -0.1) is 0 Å². The zero-order valence-electron chi connectivity index (χ0n) is 9.13. The third-order valence-electron chi connectivity index (χ3n) is 2.35. The quantitative estimate of drug-likeness (QED) is 0.763. The van der Waals surface area contributed by atoms with E-state index in [1.807, 2.05) is 27.7 Å². The highest BCUT2D eigenvalue weighted by molar-refractivity contribution is 5.39. The van der Waals surface area contributed by atoms with Gasteiger partial charge in [0, 0.05) is 6.07 Å². The van der Waals surface area contributed by atoms with Gasteiger partial charge in [0.1, 0.15) is 11.6 Å². The van der Waals surface area contributed by atoms with Gasteiger partial charge in [-0.05, 0) is 29.0 Å². The van der Waals surface area contributed by atoms with Crippen LogP contribution in [0, 0.1) is 5.82 Å². The van der Waals surface area contributed by atoms with Crippen LogP contribution in [0.3, 0.4) is 0 Å². The van der Waals surface area contributed by atoms with Crippen LogP contribution in [-0.2, 0) is 0 Å². The summed E-state index contributed by atoms with van der Waals surface area (Å²) in [5, 5.41) is 9.31. The van der Waals surface area contributed by atoms with E-state index in [1.165, 1.54) is 6.07 Å². The molecule has 0 heterocycles. The van der Waals surface area contributed by atoms with Gasteiger partial charge in [0.05, 0.1) is 0 Å². The standard InChI is InChI=1S/C12H17FO/c1-7(2)10-5-9(14)6-11(13)12(10)8(3)4/h5-8,14H,1-4H3. The highest BCUT2D eigenvalue weighted by atomic mass is 19.1. The molecule has 0 aliphatic rings. The van der Waals surface area contributed by atoms with E-state index in [4.69, 9.17) is 0 Å². The van der Waals surface area contributed by atoms with Crippen LogP contribution in [0.5, 0.6) is 5.75 Å². The number of hydrogen-bond acceptors (Lipinski definition) is 1. The fourth-order valence-corrected chi connectivity index (χ4v) is 1.71. The summed E-state index contributed by atoms with van der Waals surface area (Å²) in [7, 11) is 0. The van der Waals surface area contributed by atoms with Crippen molar-refractivity contribution in [2.24, 2.45) is 0 Å². The van der Waals surface area contributed by atoms with Crippen molar-refractivity contribution in [1.29, 1.82) is 0 Å². The molecule has 78 valence electrons. The minimum absolute atomic E-state index is 0.00981. The topological polar surface area (TPSA) is 20.2 Å². The Morgan fingerprint density at radius 1 is 1.07 bits per heavy atom. The van der Waals surface area contributed by atoms with Crippen molar-refractivity contribution < 1.29 is 9.50 Å². The van der Waals surface area contributed by atoms with E-state index in [-0.39, 0.29) is 23.4 Å². The lowest BCUT2D eigenvalue weighted by Gasteiger charge is -2.17. The molecular formula is C12H17FO. The SMILES string of the molecule is CC(C)c1cc(O)cc(F)c1C(C)C. The predicted molar refractivity (Wildman–Crippen MR) is 56.2 cm³/mol. The Morgan fingerprint density at radius 2 is 1.64 bits per heavy atom. The third-order valence-corrected chi connectivity index (χ3v) is 2.35. The van der Waals surface area contributed by atoms with Gasteiger partial charge >= 0.3 is 0 Å². The number of hydrogen-bond donors (Lipinski definition) is 1. The number of phenolic OH excluding ortho intramolecular Hbond substituents is 1. The molecule has 0 saturated heterocycles. The van der Waals surface area contributed by atoms with E-state index in [0.717, 1.165) is 11.1 Å². The van der Waals surface area contributed by atoms with E-state index in [9.17, 15) is 9.50 Å². The molecule has 1 N–H and O–H groups in total. The molecule has 1 rings (SSSR count). The minimum atomic E-state index is -0.302. The second-order valence-electron chi connectivity index (χ2n) is 4.24. The smallest absolute Gasteiger partial charge is 0.130 e. The lowest BCUT2D eigenvalue weighted by Crippen LogP contribution is -2.02. The predicted octanol–water partition coefficient (Wildman–Crippen LogP) is 3.78. The fraction of sp³-hybridized carbons (Fsp3) is 0.500. The average molecular weight is 196 g/mol. The van der Waals surface area contributed by atoms with E-state index in [2.05, 4.69) is 0 Å². The van der Waals surface area contributed by atoms with Gasteiger partial charge in [0.15, 0.2) is 0 Å². The molecule has 2 heteroatoms. The largest absolute Gasteiger partial charge is 0.508 e. The molecule has 0 radical (unpaired) electrons. The Hall–Kier alpha value is -1.05. The maximum absolute atomic E-state index is 13.6. The first kappa shape index (κ1) is 11.0. The molecule has 0 aromatic heterocycles. The van der Waals surface area contributed by atoms with E-state index >= 15 is 0 Å². The van der Waals surface area contributed by atoms with Crippen molar-refractivity contribution in [3.05, 3.63) is 29.1 Å². The Morgan fingerprint density at radius 3 is 2.07 bits per heavy atom. The van der Waals surface area contributed by atoms with Gasteiger partial charge in [0.2, 0.25) is 0 Å². The maximum atomic E-state index is 13.6. The van der Waals surface area contributed by atoms with Crippen LogP contribution in [0.1, 0.15) is 50.7 Å². The first-order valence-electron chi connectivity index (χ1n) is 4.95. The molecule has 0 spiro atoms. The molecule has 0 bridgehead atoms. The molecule has 1 nitrogen and oxygen atoms in total. The lowest BCUT2D eigenvalue weighted by atomic mass is 9.90. The monoisotopic (exact) mass is 196 g/mol. The lowest BCUT2D eigenvalue weighted by molar-refractivity contribution is 0.464. The minimum Gasteiger partial charge on any atom is -0.508 e. The second kappa shape index (κ2) is 3.99. The maximum Gasteiger partial charge on any atom is 0.130 e. The van der Waals surface area contributed by atoms with E-state index in [1.54, 1.807) is 6.07 Å². The molecule has 0 aliphatic carbocycles. The summed E-state index contributed by atoms with van der Waals surface area (Å²) in [5.74, 6) is 0.0845. The summed E-state index contributed by atoms with van der Waals surface area (Å²) in [6, 6.07) is 2.84. The molecule has 1 aromatic rings. The molecule has 1 aromatic carbocycles. The van der Waals surface area contributed by atoms with Crippen molar-refractivity contribution in [2.45, 2.75) is 39.5 Å². The molecule has 14 heavy (non-hydrogen) atoms. The van der Waals surface area contributed by atoms with Gasteiger partial charge < -0.3 is 5.11 Å². The van der Waals surface area contributed by atoms with Crippen molar-refractivity contribution >= 4 is 0 Å². The van der Waals surface area contributed by atoms with Gasteiger partial charge in [-0.3, -0.25) is 0 Å². The van der Waals surface area contributed by atoms with Crippen molar-refractivity contribution in [3.8, 4) is 5.75 Å². The van der Waals surface area contributed by atoms with Gasteiger partial charge in [-0.2, -0.15) is 0 Å². The molecule has 0 saturated carbocycles. The molecule has 0 aliphatic heterocycles. The van der Waals surface area contributed by atoms with Gasteiger partial charge in [0.25, 0.3) is 0 Å². The Balaban J connectivity index is 3.37. The molecule has 0 fully saturated rings. The highest BCUT2D eigenvalue weighted by Crippen LogP contribution is 2.31. The molecular weight excluding hydrogens is 179 g/mol. The highest BCUT2D eigenvalue weighted by Gasteiger charge is 2.15. The number of benzene rings is 1. The normalized spacial score (nSPS) is 11.4. The van der Waals surface area contributed by atoms with Crippen LogP contribution >= 0.6 is 0 Å². The van der Waals surface area contributed by atoms with Crippen molar-refractivity contribution in [2.75, 3.05) is 0 Å². The zero-order valence-corrected chi connectivity index (χ0v) is 9.13. The van der Waals surface area contributed by atoms with E-state index in [0.29, 0.717) is 0 Å². The van der Waals surface area contributed by atoms with Crippen LogP contribution < -0.4 is 0 Å². The summed E-state index contributed by atoms with van der Waals surface area (Å²) in [6.07, 6.45) is 0. The van der Waals surface area contributed by atoms with Crippen LogP contribution in [0.4, 0.5) is 4.39 Å². The number of aromatic hydroxyl groups is 1. The van der Waals surface area contributed by atoms with Crippen LogP contribution in [0.25, 0.3) is 0 Å². The van der Waals surface area contributed by atoms with Gasteiger partial charge in [-0.1, -0.05) is 27.7 Å². The summed E-state index contributed by atoms with van der Waals surface area (Å²) < 4.78 is 13.6. The molecule has 0 atom stereocenters. The average Bonchev–Trinajstić information content (AvgIpc) is 2.01. The van der Waals surface area contributed by atoms with Crippen molar-refractivity contribution in [1.82, 2.24) is 0 Å². The first-order valence-corrected chi connectivity index (χ1v) is 4.95. The Labute approximate surface area is 84.6 Å². The van der Waals surface area contributed by atoms with E-state index < -0.39 is 0 Å². The molecule has 0 amide bonds.